The van der Waals surface area contributed by atoms with E-state index in [9.17, 15) is 13.7 Å². The summed E-state index contributed by atoms with van der Waals surface area (Å²) in [5.41, 5.74) is 4.76. The monoisotopic (exact) mass is 402 g/mol. The largest absolute Gasteiger partial charge is 0.346 e. The molecule has 0 aliphatic heterocycles. The number of nitrogens with zero attached hydrogens (tertiary/aromatic N) is 2. The van der Waals surface area contributed by atoms with Crippen molar-refractivity contribution in [1.82, 2.24) is 14.7 Å². The Balaban J connectivity index is 1.70. The molecule has 6 nitrogen and oxygen atoms in total. The predicted octanol–water partition coefficient (Wildman–Crippen LogP) is 3.89. The number of aromatic nitrogens is 2. The van der Waals surface area contributed by atoms with Crippen molar-refractivity contribution in [3.63, 3.8) is 0 Å². The fourth-order valence-corrected chi connectivity index (χ4v) is 4.24. The van der Waals surface area contributed by atoms with Crippen LogP contribution in [0.4, 0.5) is 0 Å². The summed E-state index contributed by atoms with van der Waals surface area (Å²) in [6, 6.07) is 18.0. The average molecular weight is 402 g/mol. The highest BCUT2D eigenvalue weighted by Crippen LogP contribution is 2.30. The lowest BCUT2D eigenvalue weighted by molar-refractivity contribution is 0.581. The summed E-state index contributed by atoms with van der Waals surface area (Å²) < 4.78 is 27.9. The van der Waals surface area contributed by atoms with Gasteiger partial charge in [0.25, 0.3) is 0 Å². The summed E-state index contributed by atoms with van der Waals surface area (Å²) in [4.78, 5) is 7.67. The van der Waals surface area contributed by atoms with E-state index >= 15 is 0 Å². The van der Waals surface area contributed by atoms with Gasteiger partial charge >= 0.3 is 0 Å². The molecule has 2 aromatic heterocycles. The highest BCUT2D eigenvalue weighted by molar-refractivity contribution is 7.89. The number of pyridine rings is 1. The Labute approximate surface area is 168 Å². The second-order valence-electron chi connectivity index (χ2n) is 6.73. The normalized spacial score (nSPS) is 11.4. The molecule has 2 heterocycles. The number of benzene rings is 2. The molecule has 0 atom stereocenters. The third-order valence-electron chi connectivity index (χ3n) is 4.74. The molecule has 0 saturated heterocycles. The fraction of sp³-hybridized carbons (Fsp3) is 0.0909. The van der Waals surface area contributed by atoms with Crippen LogP contribution in [0.15, 0.2) is 71.9 Å². The number of rotatable bonds is 5. The first kappa shape index (κ1) is 18.9. The lowest BCUT2D eigenvalue weighted by Crippen LogP contribution is -2.23. The van der Waals surface area contributed by atoms with Crippen LogP contribution in [0.2, 0.25) is 0 Å². The Hall–Kier alpha value is -3.47. The van der Waals surface area contributed by atoms with E-state index in [1.807, 2.05) is 31.2 Å². The van der Waals surface area contributed by atoms with Crippen LogP contribution in [-0.4, -0.2) is 18.4 Å². The van der Waals surface area contributed by atoms with Gasteiger partial charge in [-0.1, -0.05) is 29.8 Å². The summed E-state index contributed by atoms with van der Waals surface area (Å²) in [6.45, 7) is 2.03. The highest BCUT2D eigenvalue weighted by Gasteiger charge is 2.16. The van der Waals surface area contributed by atoms with Crippen molar-refractivity contribution in [2.45, 2.75) is 18.4 Å². The van der Waals surface area contributed by atoms with Gasteiger partial charge in [0.15, 0.2) is 0 Å². The van der Waals surface area contributed by atoms with Crippen molar-refractivity contribution in [3.8, 4) is 17.2 Å². The zero-order valence-corrected chi connectivity index (χ0v) is 16.5. The molecule has 0 bridgehead atoms. The Morgan fingerprint density at radius 2 is 1.93 bits per heavy atom. The molecule has 7 heteroatoms. The van der Waals surface area contributed by atoms with Crippen molar-refractivity contribution < 1.29 is 8.42 Å². The van der Waals surface area contributed by atoms with Crippen molar-refractivity contribution in [2.24, 2.45) is 0 Å². The van der Waals surface area contributed by atoms with Crippen LogP contribution in [0.1, 0.15) is 16.7 Å². The maximum Gasteiger partial charge on any atom is 0.240 e. The summed E-state index contributed by atoms with van der Waals surface area (Å²) in [7, 11) is -3.64. The third kappa shape index (κ3) is 3.76. The number of sulfonamides is 1. The van der Waals surface area contributed by atoms with Crippen LogP contribution in [0.25, 0.3) is 22.2 Å². The number of nitriles is 1. The topological polar surface area (TPSA) is 98.6 Å². The fourth-order valence-electron chi connectivity index (χ4n) is 3.23. The molecule has 2 aromatic carbocycles. The molecule has 4 rings (SSSR count). The molecule has 0 unspecified atom stereocenters. The van der Waals surface area contributed by atoms with Gasteiger partial charge in [-0.2, -0.15) is 5.26 Å². The SMILES string of the molecule is Cc1ccc(S(=O)(=O)NCc2c[nH]c3nccc(-c4cccc(C#N)c4)c23)cc1. The van der Waals surface area contributed by atoms with Crippen molar-refractivity contribution in [3.05, 3.63) is 83.7 Å². The minimum Gasteiger partial charge on any atom is -0.346 e. The molecule has 144 valence electrons. The van der Waals surface area contributed by atoms with E-state index in [1.165, 1.54) is 0 Å². The van der Waals surface area contributed by atoms with Crippen LogP contribution in [0.3, 0.4) is 0 Å². The molecule has 2 N–H and O–H groups in total. The minimum atomic E-state index is -3.64. The number of aryl methyl sites for hydroxylation is 1. The zero-order valence-electron chi connectivity index (χ0n) is 15.7. The third-order valence-corrected chi connectivity index (χ3v) is 6.16. The van der Waals surface area contributed by atoms with Gasteiger partial charge in [0.1, 0.15) is 5.65 Å². The molecular formula is C22H18N4O2S. The first-order chi connectivity index (χ1) is 14.0. The highest BCUT2D eigenvalue weighted by atomic mass is 32.2. The first-order valence-electron chi connectivity index (χ1n) is 9.00. The van der Waals surface area contributed by atoms with E-state index in [0.717, 1.165) is 27.6 Å². The molecule has 4 aromatic rings. The van der Waals surface area contributed by atoms with E-state index < -0.39 is 10.0 Å². The summed E-state index contributed by atoms with van der Waals surface area (Å²) in [5.74, 6) is 0. The van der Waals surface area contributed by atoms with Gasteiger partial charge in [-0.25, -0.2) is 18.1 Å². The Morgan fingerprint density at radius 3 is 2.69 bits per heavy atom. The quantitative estimate of drug-likeness (QED) is 0.529. The Bertz CT molecular complexity index is 1330. The van der Waals surface area contributed by atoms with Crippen LogP contribution < -0.4 is 4.72 Å². The predicted molar refractivity (Wildman–Crippen MR) is 111 cm³/mol. The maximum atomic E-state index is 12.6. The molecular weight excluding hydrogens is 384 g/mol. The molecule has 0 aliphatic rings. The van der Waals surface area contributed by atoms with Gasteiger partial charge < -0.3 is 4.98 Å². The second-order valence-corrected chi connectivity index (χ2v) is 8.49. The van der Waals surface area contributed by atoms with Crippen molar-refractivity contribution >= 4 is 21.1 Å². The van der Waals surface area contributed by atoms with E-state index in [0.29, 0.717) is 11.2 Å². The van der Waals surface area contributed by atoms with E-state index in [1.54, 1.807) is 42.7 Å². The van der Waals surface area contributed by atoms with Gasteiger partial charge in [0, 0.05) is 24.3 Å². The molecule has 0 saturated carbocycles. The minimum absolute atomic E-state index is 0.118. The molecule has 0 spiro atoms. The summed E-state index contributed by atoms with van der Waals surface area (Å²) in [6.07, 6.45) is 3.44. The maximum absolute atomic E-state index is 12.6. The van der Waals surface area contributed by atoms with E-state index in [4.69, 9.17) is 0 Å². The molecule has 0 fully saturated rings. The smallest absolute Gasteiger partial charge is 0.240 e. The average Bonchev–Trinajstić information content (AvgIpc) is 3.16. The summed E-state index contributed by atoms with van der Waals surface area (Å²) >= 11 is 0. The number of H-pyrrole nitrogens is 1. The van der Waals surface area contributed by atoms with Crippen molar-refractivity contribution in [2.75, 3.05) is 0 Å². The van der Waals surface area contributed by atoms with Crippen LogP contribution >= 0.6 is 0 Å². The number of hydrogen-bond acceptors (Lipinski definition) is 4. The van der Waals surface area contributed by atoms with Gasteiger partial charge in [0.2, 0.25) is 10.0 Å². The lowest BCUT2D eigenvalue weighted by atomic mass is 10.00. The Morgan fingerprint density at radius 1 is 1.14 bits per heavy atom. The molecule has 0 radical (unpaired) electrons. The zero-order chi connectivity index (χ0) is 20.4. The lowest BCUT2D eigenvalue weighted by Gasteiger charge is -2.09. The van der Waals surface area contributed by atoms with Crippen molar-refractivity contribution in [1.29, 1.82) is 5.26 Å². The van der Waals surface area contributed by atoms with Gasteiger partial charge in [0.05, 0.1) is 16.5 Å². The number of fused-ring (bicyclic) bond motifs is 1. The summed E-state index contributed by atoms with van der Waals surface area (Å²) in [5, 5.41) is 10.0. The second kappa shape index (κ2) is 7.51. The molecule has 0 amide bonds. The van der Waals surface area contributed by atoms with E-state index in [-0.39, 0.29) is 11.4 Å². The van der Waals surface area contributed by atoms with Crippen LogP contribution in [-0.2, 0) is 16.6 Å². The van der Waals surface area contributed by atoms with Crippen LogP contribution in [0.5, 0.6) is 0 Å². The Kier molecular flexibility index (Phi) is 4.89. The number of aromatic amines is 1. The van der Waals surface area contributed by atoms with Gasteiger partial charge in [-0.3, -0.25) is 0 Å². The van der Waals surface area contributed by atoms with Crippen LogP contribution in [0, 0.1) is 18.3 Å². The van der Waals surface area contributed by atoms with Gasteiger partial charge in [-0.15, -0.1) is 0 Å². The molecule has 0 aliphatic carbocycles. The number of hydrogen-bond donors (Lipinski definition) is 2. The standard InChI is InChI=1S/C22H18N4O2S/c1-15-5-7-19(8-6-15)29(27,28)26-14-18-13-25-22-21(18)20(9-10-24-22)17-4-2-3-16(11-17)12-23/h2-11,13,26H,14H2,1H3,(H,24,25). The first-order valence-corrected chi connectivity index (χ1v) is 10.5. The number of nitrogens with one attached hydrogen (secondary N) is 2. The van der Waals surface area contributed by atoms with Gasteiger partial charge in [-0.05, 0) is 53.9 Å². The molecule has 29 heavy (non-hydrogen) atoms. The van der Waals surface area contributed by atoms with E-state index in [2.05, 4.69) is 20.8 Å².